The van der Waals surface area contributed by atoms with Crippen molar-refractivity contribution in [3.8, 4) is 11.3 Å². The molecule has 0 saturated heterocycles. The SMILES string of the molecule is Cc1ccc(C)c(-c2csc(CC(C)CN)n2)c1. The third-order valence-corrected chi connectivity index (χ3v) is 4.02. The average Bonchev–Trinajstić information content (AvgIpc) is 2.80. The van der Waals surface area contributed by atoms with Crippen LogP contribution in [0.3, 0.4) is 0 Å². The summed E-state index contributed by atoms with van der Waals surface area (Å²) in [5.74, 6) is 0.502. The van der Waals surface area contributed by atoms with Gasteiger partial charge in [-0.2, -0.15) is 0 Å². The summed E-state index contributed by atoms with van der Waals surface area (Å²) in [5.41, 5.74) is 10.6. The molecule has 1 aromatic heterocycles. The normalized spacial score (nSPS) is 12.7. The van der Waals surface area contributed by atoms with Gasteiger partial charge in [-0.3, -0.25) is 0 Å². The molecule has 18 heavy (non-hydrogen) atoms. The fourth-order valence-corrected chi connectivity index (χ4v) is 2.88. The summed E-state index contributed by atoms with van der Waals surface area (Å²) in [6, 6.07) is 6.51. The smallest absolute Gasteiger partial charge is 0.0935 e. The molecule has 2 N–H and O–H groups in total. The van der Waals surface area contributed by atoms with Crippen LogP contribution in [0.15, 0.2) is 23.6 Å². The number of benzene rings is 1. The van der Waals surface area contributed by atoms with Gasteiger partial charge in [0, 0.05) is 17.4 Å². The van der Waals surface area contributed by atoms with Crippen LogP contribution in [-0.2, 0) is 6.42 Å². The van der Waals surface area contributed by atoms with Gasteiger partial charge < -0.3 is 5.73 Å². The Morgan fingerprint density at radius 2 is 2.11 bits per heavy atom. The van der Waals surface area contributed by atoms with E-state index in [1.54, 1.807) is 11.3 Å². The zero-order valence-electron chi connectivity index (χ0n) is 11.2. The van der Waals surface area contributed by atoms with Gasteiger partial charge in [0.1, 0.15) is 0 Å². The van der Waals surface area contributed by atoms with E-state index in [9.17, 15) is 0 Å². The summed E-state index contributed by atoms with van der Waals surface area (Å²) < 4.78 is 0. The average molecular weight is 260 g/mol. The number of hydrogen-bond acceptors (Lipinski definition) is 3. The molecule has 0 bridgehead atoms. The quantitative estimate of drug-likeness (QED) is 0.913. The fraction of sp³-hybridized carbons (Fsp3) is 0.400. The Hall–Kier alpha value is -1.19. The molecule has 0 aliphatic rings. The molecule has 0 aliphatic carbocycles. The highest BCUT2D eigenvalue weighted by molar-refractivity contribution is 7.09. The Morgan fingerprint density at radius 3 is 2.83 bits per heavy atom. The molecule has 0 amide bonds. The van der Waals surface area contributed by atoms with Gasteiger partial charge in [-0.05, 0) is 37.9 Å². The largest absolute Gasteiger partial charge is 0.330 e. The number of nitrogens with two attached hydrogens (primary N) is 1. The zero-order valence-corrected chi connectivity index (χ0v) is 12.1. The van der Waals surface area contributed by atoms with Gasteiger partial charge in [0.25, 0.3) is 0 Å². The number of hydrogen-bond donors (Lipinski definition) is 1. The number of aryl methyl sites for hydroxylation is 2. The van der Waals surface area contributed by atoms with E-state index in [0.717, 1.165) is 18.7 Å². The maximum atomic E-state index is 5.66. The summed E-state index contributed by atoms with van der Waals surface area (Å²) in [6.45, 7) is 7.14. The van der Waals surface area contributed by atoms with Crippen molar-refractivity contribution in [1.29, 1.82) is 0 Å². The van der Waals surface area contributed by atoms with Crippen molar-refractivity contribution >= 4 is 11.3 Å². The second-order valence-electron chi connectivity index (χ2n) is 4.99. The Morgan fingerprint density at radius 1 is 1.33 bits per heavy atom. The van der Waals surface area contributed by atoms with Gasteiger partial charge in [-0.25, -0.2) is 4.98 Å². The van der Waals surface area contributed by atoms with Crippen molar-refractivity contribution in [1.82, 2.24) is 4.98 Å². The van der Waals surface area contributed by atoms with E-state index in [0.29, 0.717) is 5.92 Å². The van der Waals surface area contributed by atoms with Gasteiger partial charge in [-0.15, -0.1) is 11.3 Å². The fourth-order valence-electron chi connectivity index (χ4n) is 1.92. The Bertz CT molecular complexity index is 531. The Balaban J connectivity index is 2.26. The van der Waals surface area contributed by atoms with Crippen molar-refractivity contribution < 1.29 is 0 Å². The summed E-state index contributed by atoms with van der Waals surface area (Å²) in [6.07, 6.45) is 0.978. The zero-order chi connectivity index (χ0) is 13.1. The molecular weight excluding hydrogens is 240 g/mol. The minimum absolute atomic E-state index is 0.502. The van der Waals surface area contributed by atoms with E-state index in [4.69, 9.17) is 10.7 Å². The van der Waals surface area contributed by atoms with Crippen molar-refractivity contribution in [3.63, 3.8) is 0 Å². The van der Waals surface area contributed by atoms with Crippen LogP contribution in [0.4, 0.5) is 0 Å². The van der Waals surface area contributed by atoms with Crippen LogP contribution >= 0.6 is 11.3 Å². The minimum atomic E-state index is 0.502. The lowest BCUT2D eigenvalue weighted by Crippen LogP contribution is -2.12. The van der Waals surface area contributed by atoms with Gasteiger partial charge in [0.2, 0.25) is 0 Å². The van der Waals surface area contributed by atoms with Crippen LogP contribution in [0.2, 0.25) is 0 Å². The Kier molecular flexibility index (Phi) is 4.15. The van der Waals surface area contributed by atoms with Crippen molar-refractivity contribution in [2.45, 2.75) is 27.2 Å². The maximum absolute atomic E-state index is 5.66. The van der Waals surface area contributed by atoms with Crippen LogP contribution in [-0.4, -0.2) is 11.5 Å². The second-order valence-corrected chi connectivity index (χ2v) is 5.93. The first-order chi connectivity index (χ1) is 8.60. The molecule has 0 saturated carbocycles. The molecule has 0 spiro atoms. The van der Waals surface area contributed by atoms with Crippen LogP contribution in [0.5, 0.6) is 0 Å². The highest BCUT2D eigenvalue weighted by atomic mass is 32.1. The molecule has 2 nitrogen and oxygen atoms in total. The van der Waals surface area contributed by atoms with Gasteiger partial charge >= 0.3 is 0 Å². The summed E-state index contributed by atoms with van der Waals surface area (Å²) in [5, 5.41) is 3.34. The van der Waals surface area contributed by atoms with Crippen molar-refractivity contribution in [2.24, 2.45) is 11.7 Å². The van der Waals surface area contributed by atoms with E-state index >= 15 is 0 Å². The molecule has 0 fully saturated rings. The molecule has 2 aromatic rings. The van der Waals surface area contributed by atoms with E-state index in [-0.39, 0.29) is 0 Å². The van der Waals surface area contributed by atoms with E-state index < -0.39 is 0 Å². The molecule has 0 radical (unpaired) electrons. The van der Waals surface area contributed by atoms with Gasteiger partial charge in [-0.1, -0.05) is 24.6 Å². The molecule has 0 aliphatic heterocycles. The molecule has 1 unspecified atom stereocenters. The monoisotopic (exact) mass is 260 g/mol. The predicted octanol–water partition coefficient (Wildman–Crippen LogP) is 3.56. The highest BCUT2D eigenvalue weighted by Crippen LogP contribution is 2.26. The van der Waals surface area contributed by atoms with E-state index in [2.05, 4.69) is 44.4 Å². The molecule has 1 atom stereocenters. The van der Waals surface area contributed by atoms with Crippen molar-refractivity contribution in [2.75, 3.05) is 6.54 Å². The second kappa shape index (κ2) is 5.63. The first kappa shape index (κ1) is 13.2. The topological polar surface area (TPSA) is 38.9 Å². The van der Waals surface area contributed by atoms with Gasteiger partial charge in [0.15, 0.2) is 0 Å². The standard InChI is InChI=1S/C15H20N2S/c1-10-4-5-12(3)13(6-10)14-9-18-15(17-14)7-11(2)8-16/h4-6,9,11H,7-8,16H2,1-3H3. The molecule has 3 heteroatoms. The molecule has 1 aromatic carbocycles. The maximum Gasteiger partial charge on any atom is 0.0935 e. The molecule has 2 rings (SSSR count). The van der Waals surface area contributed by atoms with Crippen LogP contribution in [0.25, 0.3) is 11.3 Å². The summed E-state index contributed by atoms with van der Waals surface area (Å²) >= 11 is 1.74. The Labute approximate surface area is 113 Å². The summed E-state index contributed by atoms with van der Waals surface area (Å²) in [4.78, 5) is 4.73. The van der Waals surface area contributed by atoms with E-state index in [1.807, 2.05) is 0 Å². The number of rotatable bonds is 4. The van der Waals surface area contributed by atoms with Crippen LogP contribution < -0.4 is 5.73 Å². The first-order valence-corrected chi connectivity index (χ1v) is 7.20. The third-order valence-electron chi connectivity index (χ3n) is 3.15. The number of nitrogens with zero attached hydrogens (tertiary/aromatic N) is 1. The molecule has 96 valence electrons. The van der Waals surface area contributed by atoms with E-state index in [1.165, 1.54) is 21.7 Å². The van der Waals surface area contributed by atoms with Crippen molar-refractivity contribution in [3.05, 3.63) is 39.7 Å². The summed E-state index contributed by atoms with van der Waals surface area (Å²) in [7, 11) is 0. The van der Waals surface area contributed by atoms with Gasteiger partial charge in [0.05, 0.1) is 10.7 Å². The van der Waals surface area contributed by atoms with Crippen LogP contribution in [0.1, 0.15) is 23.1 Å². The lowest BCUT2D eigenvalue weighted by molar-refractivity contribution is 0.591. The minimum Gasteiger partial charge on any atom is -0.330 e. The number of thiazole rings is 1. The van der Waals surface area contributed by atoms with Crippen LogP contribution in [0, 0.1) is 19.8 Å². The predicted molar refractivity (Wildman–Crippen MR) is 78.9 cm³/mol. The first-order valence-electron chi connectivity index (χ1n) is 6.32. The third kappa shape index (κ3) is 2.98. The number of aromatic nitrogens is 1. The lowest BCUT2D eigenvalue weighted by Gasteiger charge is -2.05. The lowest BCUT2D eigenvalue weighted by atomic mass is 10.0. The highest BCUT2D eigenvalue weighted by Gasteiger charge is 2.09. The molecule has 1 heterocycles. The molecular formula is C15H20N2S.